The van der Waals surface area contributed by atoms with Gasteiger partial charge in [0.25, 0.3) is 0 Å². The van der Waals surface area contributed by atoms with E-state index < -0.39 is 6.04 Å². The molecule has 2 amide bonds. The van der Waals surface area contributed by atoms with E-state index in [-0.39, 0.29) is 24.4 Å². The van der Waals surface area contributed by atoms with E-state index in [2.05, 4.69) is 17.6 Å². The molecule has 2 aromatic rings. The maximum absolute atomic E-state index is 13.1. The van der Waals surface area contributed by atoms with Crippen molar-refractivity contribution in [3.8, 4) is 5.75 Å². The number of hydrogen-bond donors (Lipinski definition) is 2. The molecular weight excluding hydrogens is 342 g/mol. The zero-order valence-electron chi connectivity index (χ0n) is 15.9. The minimum Gasteiger partial charge on any atom is -0.497 e. The van der Waals surface area contributed by atoms with Gasteiger partial charge < -0.3 is 10.1 Å². The zero-order valence-corrected chi connectivity index (χ0v) is 15.9. The molecule has 0 radical (unpaired) electrons. The van der Waals surface area contributed by atoms with Gasteiger partial charge in [0.2, 0.25) is 11.8 Å². The van der Waals surface area contributed by atoms with E-state index in [9.17, 15) is 9.59 Å². The smallest absolute Gasteiger partial charge is 0.244 e. The third kappa shape index (κ3) is 4.11. The van der Waals surface area contributed by atoms with Crippen molar-refractivity contribution in [3.05, 3.63) is 54.1 Å². The highest BCUT2D eigenvalue weighted by Crippen LogP contribution is 2.29. The lowest BCUT2D eigenvalue weighted by molar-refractivity contribution is -0.123. The molecule has 6 heteroatoms. The Morgan fingerprint density at radius 1 is 1.22 bits per heavy atom. The van der Waals surface area contributed by atoms with Crippen molar-refractivity contribution in [1.29, 1.82) is 0 Å². The van der Waals surface area contributed by atoms with E-state index in [4.69, 9.17) is 4.74 Å². The lowest BCUT2D eigenvalue weighted by atomic mass is 10.0. The molecule has 1 aliphatic rings. The summed E-state index contributed by atoms with van der Waals surface area (Å²) in [6, 6.07) is 14.8. The van der Waals surface area contributed by atoms with Crippen LogP contribution in [0.5, 0.6) is 5.75 Å². The van der Waals surface area contributed by atoms with E-state index in [1.807, 2.05) is 49.4 Å². The second-order valence-electron chi connectivity index (χ2n) is 6.61. The number of benzene rings is 2. The van der Waals surface area contributed by atoms with Gasteiger partial charge in [0, 0.05) is 6.04 Å². The van der Waals surface area contributed by atoms with E-state index in [0.29, 0.717) is 5.69 Å². The molecule has 2 aromatic carbocycles. The van der Waals surface area contributed by atoms with Crippen LogP contribution in [0.15, 0.2) is 48.5 Å². The van der Waals surface area contributed by atoms with E-state index in [1.54, 1.807) is 18.1 Å². The summed E-state index contributed by atoms with van der Waals surface area (Å²) in [4.78, 5) is 26.6. The van der Waals surface area contributed by atoms with Gasteiger partial charge in [0.05, 0.1) is 24.5 Å². The Morgan fingerprint density at radius 2 is 1.93 bits per heavy atom. The fraction of sp³-hybridized carbons (Fsp3) is 0.333. The van der Waals surface area contributed by atoms with Crippen molar-refractivity contribution in [1.82, 2.24) is 5.32 Å². The molecule has 1 heterocycles. The SMILES string of the molecule is CC[C@@H](N[C@@H](C)C(=O)N1CC(=O)Nc2ccccc21)c1ccc(OC)cc1. The van der Waals surface area contributed by atoms with Gasteiger partial charge >= 0.3 is 0 Å². The highest BCUT2D eigenvalue weighted by Gasteiger charge is 2.30. The number of rotatable bonds is 6. The number of amides is 2. The fourth-order valence-electron chi connectivity index (χ4n) is 3.32. The molecule has 0 saturated carbocycles. The van der Waals surface area contributed by atoms with Crippen LogP contribution in [0.3, 0.4) is 0 Å². The highest BCUT2D eigenvalue weighted by molar-refractivity contribution is 6.11. The van der Waals surface area contributed by atoms with Crippen molar-refractivity contribution in [2.75, 3.05) is 23.9 Å². The van der Waals surface area contributed by atoms with E-state index in [0.717, 1.165) is 23.4 Å². The Balaban J connectivity index is 1.75. The minimum absolute atomic E-state index is 0.0290. The van der Waals surface area contributed by atoms with Gasteiger partial charge in [-0.3, -0.25) is 19.8 Å². The number of nitrogens with zero attached hydrogens (tertiary/aromatic N) is 1. The topological polar surface area (TPSA) is 70.7 Å². The average Bonchev–Trinajstić information content (AvgIpc) is 2.70. The maximum atomic E-state index is 13.1. The predicted molar refractivity (Wildman–Crippen MR) is 106 cm³/mol. The van der Waals surface area contributed by atoms with Gasteiger partial charge in [0.15, 0.2) is 0 Å². The van der Waals surface area contributed by atoms with Crippen LogP contribution in [0.2, 0.25) is 0 Å². The van der Waals surface area contributed by atoms with Crippen LogP contribution in [0.4, 0.5) is 11.4 Å². The summed E-state index contributed by atoms with van der Waals surface area (Å²) in [7, 11) is 1.64. The number of para-hydroxylation sites is 2. The molecule has 2 atom stereocenters. The number of hydrogen-bond acceptors (Lipinski definition) is 4. The Morgan fingerprint density at radius 3 is 2.59 bits per heavy atom. The lowest BCUT2D eigenvalue weighted by Crippen LogP contribution is -2.50. The van der Waals surface area contributed by atoms with Crippen LogP contribution < -0.4 is 20.3 Å². The quantitative estimate of drug-likeness (QED) is 0.823. The van der Waals surface area contributed by atoms with Crippen LogP contribution >= 0.6 is 0 Å². The molecular formula is C21H25N3O3. The number of methoxy groups -OCH3 is 1. The van der Waals surface area contributed by atoms with Crippen molar-refractivity contribution >= 4 is 23.2 Å². The van der Waals surface area contributed by atoms with Crippen molar-refractivity contribution in [3.63, 3.8) is 0 Å². The van der Waals surface area contributed by atoms with Gasteiger partial charge in [-0.05, 0) is 43.2 Å². The second-order valence-corrected chi connectivity index (χ2v) is 6.61. The minimum atomic E-state index is -0.434. The first-order valence-electron chi connectivity index (χ1n) is 9.13. The van der Waals surface area contributed by atoms with Crippen LogP contribution in [0.25, 0.3) is 0 Å². The third-order valence-electron chi connectivity index (χ3n) is 4.78. The monoisotopic (exact) mass is 367 g/mol. The summed E-state index contributed by atoms with van der Waals surface area (Å²) in [5.41, 5.74) is 2.49. The number of carbonyl (C=O) groups is 2. The second kappa shape index (κ2) is 8.22. The molecule has 1 aliphatic heterocycles. The molecule has 6 nitrogen and oxygen atoms in total. The van der Waals surface area contributed by atoms with Crippen molar-refractivity contribution < 1.29 is 14.3 Å². The number of carbonyl (C=O) groups excluding carboxylic acids is 2. The molecule has 0 bridgehead atoms. The Bertz CT molecular complexity index is 820. The number of anilines is 2. The number of fused-ring (bicyclic) bond motifs is 1. The average molecular weight is 367 g/mol. The van der Waals surface area contributed by atoms with Crippen LogP contribution in [-0.2, 0) is 9.59 Å². The first-order chi connectivity index (χ1) is 13.0. The van der Waals surface area contributed by atoms with Crippen molar-refractivity contribution in [2.24, 2.45) is 0 Å². The van der Waals surface area contributed by atoms with E-state index >= 15 is 0 Å². The molecule has 2 N–H and O–H groups in total. The van der Waals surface area contributed by atoms with Gasteiger partial charge in [0.1, 0.15) is 12.3 Å². The fourth-order valence-corrected chi connectivity index (χ4v) is 3.32. The van der Waals surface area contributed by atoms with Crippen molar-refractivity contribution in [2.45, 2.75) is 32.4 Å². The Kier molecular flexibility index (Phi) is 5.76. The first-order valence-corrected chi connectivity index (χ1v) is 9.13. The summed E-state index contributed by atoms with van der Waals surface area (Å²) in [6.45, 7) is 3.94. The van der Waals surface area contributed by atoms with Crippen LogP contribution in [-0.4, -0.2) is 31.5 Å². The molecule has 0 spiro atoms. The highest BCUT2D eigenvalue weighted by atomic mass is 16.5. The first kappa shape index (κ1) is 18.9. The number of nitrogens with one attached hydrogen (secondary N) is 2. The molecule has 3 rings (SSSR count). The van der Waals surface area contributed by atoms with E-state index in [1.165, 1.54) is 0 Å². The molecule has 0 unspecified atom stereocenters. The molecule has 0 fully saturated rings. The number of ether oxygens (including phenoxy) is 1. The molecule has 0 aromatic heterocycles. The normalized spacial score (nSPS) is 15.5. The summed E-state index contributed by atoms with van der Waals surface area (Å²) >= 11 is 0. The largest absolute Gasteiger partial charge is 0.497 e. The third-order valence-corrected chi connectivity index (χ3v) is 4.78. The summed E-state index contributed by atoms with van der Waals surface area (Å²) in [5, 5.41) is 6.21. The summed E-state index contributed by atoms with van der Waals surface area (Å²) < 4.78 is 5.21. The van der Waals surface area contributed by atoms with Gasteiger partial charge in [-0.15, -0.1) is 0 Å². The zero-order chi connectivity index (χ0) is 19.4. The summed E-state index contributed by atoms with van der Waals surface area (Å²) in [5.74, 6) is 0.495. The van der Waals surface area contributed by atoms with Gasteiger partial charge in [-0.2, -0.15) is 0 Å². The standard InChI is InChI=1S/C21H25N3O3/c1-4-17(15-9-11-16(27-3)12-10-15)22-14(2)21(26)24-13-20(25)23-18-7-5-6-8-19(18)24/h5-12,14,17,22H,4,13H2,1-3H3,(H,23,25)/t14-,17+/m0/s1. The van der Waals surface area contributed by atoms with Crippen LogP contribution in [0.1, 0.15) is 31.9 Å². The lowest BCUT2D eigenvalue weighted by Gasteiger charge is -2.32. The van der Waals surface area contributed by atoms with Gasteiger partial charge in [-0.1, -0.05) is 31.2 Å². The predicted octanol–water partition coefficient (Wildman–Crippen LogP) is 3.11. The molecule has 0 saturated heterocycles. The molecule has 142 valence electrons. The molecule has 27 heavy (non-hydrogen) atoms. The summed E-state index contributed by atoms with van der Waals surface area (Å²) in [6.07, 6.45) is 0.834. The molecule has 0 aliphatic carbocycles. The van der Waals surface area contributed by atoms with Gasteiger partial charge in [-0.25, -0.2) is 0 Å². The van der Waals surface area contributed by atoms with Crippen LogP contribution in [0, 0.1) is 0 Å². The maximum Gasteiger partial charge on any atom is 0.244 e. The Labute approximate surface area is 159 Å². The Hall–Kier alpha value is -2.86.